The lowest BCUT2D eigenvalue weighted by atomic mass is 9.94. The molecule has 0 spiro atoms. The van der Waals surface area contributed by atoms with Crippen LogP contribution >= 0.6 is 0 Å². The van der Waals surface area contributed by atoms with E-state index in [2.05, 4.69) is 16.8 Å². The monoisotopic (exact) mass is 211 g/mol. The maximum atomic E-state index is 11.0. The molecule has 2 saturated heterocycles. The van der Waals surface area contributed by atoms with Gasteiger partial charge in [0, 0.05) is 25.6 Å². The first-order chi connectivity index (χ1) is 7.15. The molecule has 2 N–H and O–H groups in total. The summed E-state index contributed by atoms with van der Waals surface area (Å²) in [5.41, 5.74) is 5.31. The number of hydrogen-bond donors (Lipinski definition) is 1. The Hall–Kier alpha value is -0.610. The number of rotatable bonds is 3. The Labute approximate surface area is 91.4 Å². The second kappa shape index (κ2) is 4.49. The van der Waals surface area contributed by atoms with Gasteiger partial charge in [-0.05, 0) is 38.9 Å². The predicted octanol–water partition coefficient (Wildman–Crippen LogP) is -0.255. The third kappa shape index (κ3) is 2.69. The molecule has 4 heteroatoms. The van der Waals surface area contributed by atoms with Crippen molar-refractivity contribution in [2.24, 2.45) is 17.6 Å². The number of amides is 1. The van der Waals surface area contributed by atoms with E-state index in [0.717, 1.165) is 31.8 Å². The van der Waals surface area contributed by atoms with Crippen LogP contribution in [0, 0.1) is 11.8 Å². The van der Waals surface area contributed by atoms with E-state index in [-0.39, 0.29) is 11.8 Å². The van der Waals surface area contributed by atoms with Crippen molar-refractivity contribution in [2.75, 3.05) is 39.8 Å². The van der Waals surface area contributed by atoms with Crippen molar-refractivity contribution in [1.82, 2.24) is 9.80 Å². The first-order valence-corrected chi connectivity index (χ1v) is 5.85. The van der Waals surface area contributed by atoms with Crippen molar-refractivity contribution >= 4 is 5.91 Å². The van der Waals surface area contributed by atoms with Crippen LogP contribution in [0.5, 0.6) is 0 Å². The lowest BCUT2D eigenvalue weighted by Gasteiger charge is -2.41. The summed E-state index contributed by atoms with van der Waals surface area (Å²) in [4.78, 5) is 15.8. The average molecular weight is 211 g/mol. The quantitative estimate of drug-likeness (QED) is 0.700. The van der Waals surface area contributed by atoms with Crippen LogP contribution in [0.3, 0.4) is 0 Å². The second-order valence-corrected chi connectivity index (χ2v) is 5.06. The van der Waals surface area contributed by atoms with Gasteiger partial charge in [0.25, 0.3) is 0 Å². The molecule has 2 rings (SSSR count). The van der Waals surface area contributed by atoms with Gasteiger partial charge in [-0.25, -0.2) is 0 Å². The molecule has 2 fully saturated rings. The van der Waals surface area contributed by atoms with Gasteiger partial charge in [0.1, 0.15) is 0 Å². The Balaban J connectivity index is 1.67. The van der Waals surface area contributed by atoms with Crippen molar-refractivity contribution in [2.45, 2.75) is 12.8 Å². The lowest BCUT2D eigenvalue weighted by Crippen LogP contribution is -2.50. The topological polar surface area (TPSA) is 49.6 Å². The number of nitrogens with zero attached hydrogens (tertiary/aromatic N) is 2. The molecule has 1 amide bonds. The van der Waals surface area contributed by atoms with Gasteiger partial charge in [-0.3, -0.25) is 4.79 Å². The molecule has 2 heterocycles. The van der Waals surface area contributed by atoms with E-state index in [0.29, 0.717) is 0 Å². The summed E-state index contributed by atoms with van der Waals surface area (Å²) in [6.07, 6.45) is 1.91. The van der Waals surface area contributed by atoms with Gasteiger partial charge in [-0.1, -0.05) is 0 Å². The van der Waals surface area contributed by atoms with Crippen LogP contribution in [0.25, 0.3) is 0 Å². The number of carbonyl (C=O) groups is 1. The molecule has 0 aromatic heterocycles. The summed E-state index contributed by atoms with van der Waals surface area (Å²) in [5.74, 6) is 0.864. The fourth-order valence-electron chi connectivity index (χ4n) is 2.71. The maximum absolute atomic E-state index is 11.0. The van der Waals surface area contributed by atoms with Gasteiger partial charge < -0.3 is 15.5 Å². The van der Waals surface area contributed by atoms with Gasteiger partial charge in [-0.2, -0.15) is 0 Å². The molecule has 4 nitrogen and oxygen atoms in total. The van der Waals surface area contributed by atoms with Crippen molar-refractivity contribution in [1.29, 1.82) is 0 Å². The fraction of sp³-hybridized carbons (Fsp3) is 0.909. The Kier molecular flexibility index (Phi) is 3.26. The third-order valence-electron chi connectivity index (χ3n) is 3.65. The van der Waals surface area contributed by atoms with E-state index in [1.165, 1.54) is 19.6 Å². The highest BCUT2D eigenvalue weighted by molar-refractivity contribution is 5.76. The zero-order valence-electron chi connectivity index (χ0n) is 9.48. The van der Waals surface area contributed by atoms with E-state index >= 15 is 0 Å². The molecule has 0 bridgehead atoms. The van der Waals surface area contributed by atoms with Crippen molar-refractivity contribution in [3.05, 3.63) is 0 Å². The molecule has 0 saturated carbocycles. The standard InChI is InChI=1S/C11H21N3O/c1-13-6-9(7-13)8-14-4-2-10(3-5-14)11(12)15/h9-10H,2-8H2,1H3,(H2,12,15). The molecule has 0 aromatic carbocycles. The minimum atomic E-state index is -0.113. The van der Waals surface area contributed by atoms with Gasteiger partial charge in [0.05, 0.1) is 0 Å². The highest BCUT2D eigenvalue weighted by atomic mass is 16.1. The first-order valence-electron chi connectivity index (χ1n) is 5.85. The number of hydrogen-bond acceptors (Lipinski definition) is 3. The van der Waals surface area contributed by atoms with Crippen LogP contribution in [0.15, 0.2) is 0 Å². The highest BCUT2D eigenvalue weighted by Gasteiger charge is 2.28. The lowest BCUT2D eigenvalue weighted by molar-refractivity contribution is -0.123. The van der Waals surface area contributed by atoms with Crippen LogP contribution in [-0.2, 0) is 4.79 Å². The van der Waals surface area contributed by atoms with Crippen LogP contribution in [0.4, 0.5) is 0 Å². The SMILES string of the molecule is CN1CC(CN2CCC(C(N)=O)CC2)C1. The second-order valence-electron chi connectivity index (χ2n) is 5.06. The summed E-state index contributed by atoms with van der Waals surface area (Å²) in [5, 5.41) is 0. The van der Waals surface area contributed by atoms with Crippen molar-refractivity contribution < 1.29 is 4.79 Å². The molecular formula is C11H21N3O. The van der Waals surface area contributed by atoms with E-state index < -0.39 is 0 Å². The number of likely N-dealkylation sites (tertiary alicyclic amines) is 2. The molecule has 0 aromatic rings. The van der Waals surface area contributed by atoms with Crippen molar-refractivity contribution in [3.8, 4) is 0 Å². The van der Waals surface area contributed by atoms with Gasteiger partial charge >= 0.3 is 0 Å². The van der Waals surface area contributed by atoms with Gasteiger partial charge in [0.15, 0.2) is 0 Å². The Morgan fingerprint density at radius 3 is 2.40 bits per heavy atom. The first kappa shape index (κ1) is 10.9. The number of carbonyl (C=O) groups excluding carboxylic acids is 1. The van der Waals surface area contributed by atoms with Crippen LogP contribution in [0.1, 0.15) is 12.8 Å². The van der Waals surface area contributed by atoms with Gasteiger partial charge in [-0.15, -0.1) is 0 Å². The normalized spacial score (nSPS) is 26.5. The molecule has 0 radical (unpaired) electrons. The Morgan fingerprint density at radius 1 is 1.33 bits per heavy atom. The van der Waals surface area contributed by atoms with Crippen LogP contribution < -0.4 is 5.73 Å². The number of nitrogens with two attached hydrogens (primary N) is 1. The molecule has 0 aliphatic carbocycles. The molecule has 0 atom stereocenters. The molecular weight excluding hydrogens is 190 g/mol. The molecule has 2 aliphatic heterocycles. The van der Waals surface area contributed by atoms with E-state index in [9.17, 15) is 4.79 Å². The minimum absolute atomic E-state index is 0.113. The number of piperidine rings is 1. The summed E-state index contributed by atoms with van der Waals surface area (Å²) >= 11 is 0. The largest absolute Gasteiger partial charge is 0.369 e. The molecule has 0 unspecified atom stereocenters. The van der Waals surface area contributed by atoms with Crippen LogP contribution in [0.2, 0.25) is 0 Å². The van der Waals surface area contributed by atoms with E-state index in [1.807, 2.05) is 0 Å². The van der Waals surface area contributed by atoms with Crippen LogP contribution in [-0.4, -0.2) is 55.5 Å². The van der Waals surface area contributed by atoms with E-state index in [1.54, 1.807) is 0 Å². The van der Waals surface area contributed by atoms with Crippen molar-refractivity contribution in [3.63, 3.8) is 0 Å². The summed E-state index contributed by atoms with van der Waals surface area (Å²) < 4.78 is 0. The zero-order valence-corrected chi connectivity index (χ0v) is 9.48. The zero-order chi connectivity index (χ0) is 10.8. The fourth-order valence-corrected chi connectivity index (χ4v) is 2.71. The molecule has 86 valence electrons. The minimum Gasteiger partial charge on any atom is -0.369 e. The Morgan fingerprint density at radius 2 is 1.93 bits per heavy atom. The maximum Gasteiger partial charge on any atom is 0.220 e. The summed E-state index contributed by atoms with van der Waals surface area (Å²) in [6.45, 7) is 5.77. The summed E-state index contributed by atoms with van der Waals surface area (Å²) in [7, 11) is 2.16. The Bertz CT molecular complexity index is 230. The number of primary amides is 1. The van der Waals surface area contributed by atoms with E-state index in [4.69, 9.17) is 5.73 Å². The molecule has 2 aliphatic rings. The summed E-state index contributed by atoms with van der Waals surface area (Å²) in [6, 6.07) is 0. The van der Waals surface area contributed by atoms with Gasteiger partial charge in [0.2, 0.25) is 5.91 Å². The molecule has 15 heavy (non-hydrogen) atoms. The average Bonchev–Trinajstić information content (AvgIpc) is 2.16. The predicted molar refractivity (Wildman–Crippen MR) is 59.3 cm³/mol. The smallest absolute Gasteiger partial charge is 0.220 e. The third-order valence-corrected chi connectivity index (χ3v) is 3.65. The highest BCUT2D eigenvalue weighted by Crippen LogP contribution is 2.20.